The molecule has 2 amide bonds. The zero-order chi connectivity index (χ0) is 16.0. The van der Waals surface area contributed by atoms with Crippen LogP contribution in [-0.2, 0) is 4.79 Å². The fourth-order valence-electron chi connectivity index (χ4n) is 1.77. The van der Waals surface area contributed by atoms with Crippen molar-refractivity contribution in [2.24, 2.45) is 5.92 Å². The Hall–Kier alpha value is -1.40. The molecule has 0 aromatic carbocycles. The summed E-state index contributed by atoms with van der Waals surface area (Å²) in [5, 5.41) is 17.4. The van der Waals surface area contributed by atoms with E-state index in [0.717, 1.165) is 6.42 Å². The van der Waals surface area contributed by atoms with Gasteiger partial charge in [0.2, 0.25) is 5.91 Å². The topological polar surface area (TPSA) is 78.4 Å². The van der Waals surface area contributed by atoms with Gasteiger partial charge in [-0.2, -0.15) is 0 Å². The van der Waals surface area contributed by atoms with Crippen LogP contribution in [0.2, 0.25) is 0 Å². The van der Waals surface area contributed by atoms with E-state index >= 15 is 0 Å². The number of carbonyl (C=O) groups excluding carboxylic acids is 2. The fraction of sp³-hybridized carbons (Fsp3) is 0.600. The molecular weight excluding hydrogens is 288 g/mol. The van der Waals surface area contributed by atoms with Crippen molar-refractivity contribution in [3.05, 3.63) is 22.4 Å². The average molecular weight is 312 g/mol. The molecule has 1 aromatic heterocycles. The van der Waals surface area contributed by atoms with Crippen LogP contribution in [0.1, 0.15) is 43.8 Å². The second kappa shape index (κ2) is 7.56. The smallest absolute Gasteiger partial charge is 0.261 e. The van der Waals surface area contributed by atoms with Gasteiger partial charge in [-0.1, -0.05) is 26.3 Å². The molecule has 6 heteroatoms. The summed E-state index contributed by atoms with van der Waals surface area (Å²) in [7, 11) is 0. The molecule has 1 rings (SSSR count). The van der Waals surface area contributed by atoms with Crippen LogP contribution in [0.25, 0.3) is 0 Å². The number of nitrogens with one attached hydrogen (secondary N) is 2. The normalized spacial score (nSPS) is 16.6. The van der Waals surface area contributed by atoms with Crippen molar-refractivity contribution in [3.63, 3.8) is 0 Å². The zero-order valence-electron chi connectivity index (χ0n) is 13.0. The van der Waals surface area contributed by atoms with Crippen molar-refractivity contribution < 1.29 is 14.7 Å². The van der Waals surface area contributed by atoms with E-state index in [2.05, 4.69) is 10.6 Å². The van der Waals surface area contributed by atoms with Gasteiger partial charge in [0.05, 0.1) is 10.5 Å². The zero-order valence-corrected chi connectivity index (χ0v) is 13.8. The van der Waals surface area contributed by atoms with E-state index in [1.807, 2.05) is 19.2 Å². The number of carbonyl (C=O) groups is 2. The Morgan fingerprint density at radius 3 is 2.62 bits per heavy atom. The van der Waals surface area contributed by atoms with Crippen molar-refractivity contribution in [2.45, 2.75) is 45.8 Å². The van der Waals surface area contributed by atoms with Crippen LogP contribution in [0.4, 0.5) is 0 Å². The van der Waals surface area contributed by atoms with Crippen LogP contribution in [0.15, 0.2) is 17.5 Å². The van der Waals surface area contributed by atoms with Crippen molar-refractivity contribution in [1.82, 2.24) is 10.6 Å². The van der Waals surface area contributed by atoms with Gasteiger partial charge in [0.15, 0.2) is 0 Å². The third-order valence-electron chi connectivity index (χ3n) is 3.78. The van der Waals surface area contributed by atoms with Crippen LogP contribution < -0.4 is 10.6 Å². The number of amides is 2. The lowest BCUT2D eigenvalue weighted by atomic mass is 9.88. The summed E-state index contributed by atoms with van der Waals surface area (Å²) in [6.07, 6.45) is 0.827. The van der Waals surface area contributed by atoms with Crippen molar-refractivity contribution >= 4 is 23.2 Å². The van der Waals surface area contributed by atoms with Crippen LogP contribution in [-0.4, -0.2) is 35.1 Å². The Morgan fingerprint density at radius 2 is 2.10 bits per heavy atom. The standard InChI is InChI=1S/C15H24N2O3S/c1-5-10(2)15(4,20)9-16-13(18)11(3)17-14(19)12-7-6-8-21-12/h6-8,10-11,20H,5,9H2,1-4H3,(H,16,18)(H,17,19). The predicted octanol–water partition coefficient (Wildman–Crippen LogP) is 1.78. The van der Waals surface area contributed by atoms with Crippen LogP contribution >= 0.6 is 11.3 Å². The Kier molecular flexibility index (Phi) is 6.36. The van der Waals surface area contributed by atoms with Gasteiger partial charge in [0.1, 0.15) is 6.04 Å². The lowest BCUT2D eigenvalue weighted by Gasteiger charge is -2.30. The van der Waals surface area contributed by atoms with Gasteiger partial charge in [0, 0.05) is 6.54 Å². The summed E-state index contributed by atoms with van der Waals surface area (Å²) < 4.78 is 0. The second-order valence-electron chi connectivity index (χ2n) is 5.56. The van der Waals surface area contributed by atoms with Gasteiger partial charge < -0.3 is 15.7 Å². The van der Waals surface area contributed by atoms with Crippen LogP contribution in [0, 0.1) is 5.92 Å². The Labute approximate surface area is 129 Å². The average Bonchev–Trinajstić information content (AvgIpc) is 2.97. The highest BCUT2D eigenvalue weighted by molar-refractivity contribution is 7.12. The Bertz CT molecular complexity index is 471. The molecule has 3 N–H and O–H groups in total. The maximum Gasteiger partial charge on any atom is 0.261 e. The van der Waals surface area contributed by atoms with E-state index in [-0.39, 0.29) is 24.3 Å². The molecule has 3 atom stereocenters. The van der Waals surface area contributed by atoms with E-state index < -0.39 is 11.6 Å². The molecule has 0 saturated heterocycles. The van der Waals surface area contributed by atoms with Gasteiger partial charge in [-0.05, 0) is 31.2 Å². The molecule has 21 heavy (non-hydrogen) atoms. The molecule has 1 aromatic rings. The van der Waals surface area contributed by atoms with Crippen molar-refractivity contribution in [1.29, 1.82) is 0 Å². The predicted molar refractivity (Wildman–Crippen MR) is 84.3 cm³/mol. The monoisotopic (exact) mass is 312 g/mol. The number of hydrogen-bond donors (Lipinski definition) is 3. The highest BCUT2D eigenvalue weighted by Crippen LogP contribution is 2.18. The quantitative estimate of drug-likeness (QED) is 0.718. The van der Waals surface area contributed by atoms with E-state index in [4.69, 9.17) is 0 Å². The number of rotatable bonds is 7. The number of thiophene rings is 1. The molecule has 0 aliphatic heterocycles. The fourth-order valence-corrected chi connectivity index (χ4v) is 2.40. The van der Waals surface area contributed by atoms with Gasteiger partial charge in [-0.3, -0.25) is 9.59 Å². The minimum absolute atomic E-state index is 0.0776. The minimum atomic E-state index is -0.956. The highest BCUT2D eigenvalue weighted by Gasteiger charge is 2.28. The summed E-state index contributed by atoms with van der Waals surface area (Å²) in [6.45, 7) is 7.42. The first-order chi connectivity index (χ1) is 9.77. The second-order valence-corrected chi connectivity index (χ2v) is 6.50. The van der Waals surface area contributed by atoms with E-state index in [9.17, 15) is 14.7 Å². The van der Waals surface area contributed by atoms with Gasteiger partial charge >= 0.3 is 0 Å². The third kappa shape index (κ3) is 5.13. The maximum absolute atomic E-state index is 12.0. The maximum atomic E-state index is 12.0. The molecule has 0 radical (unpaired) electrons. The molecule has 3 unspecified atom stereocenters. The SMILES string of the molecule is CCC(C)C(C)(O)CNC(=O)C(C)NC(=O)c1cccs1. The molecule has 0 aliphatic carbocycles. The Balaban J connectivity index is 2.46. The summed E-state index contributed by atoms with van der Waals surface area (Å²) in [4.78, 5) is 24.4. The van der Waals surface area contributed by atoms with Gasteiger partial charge in [-0.15, -0.1) is 11.3 Å². The summed E-state index contributed by atoms with van der Waals surface area (Å²) in [5.74, 6) is -0.487. The molecule has 0 bridgehead atoms. The van der Waals surface area contributed by atoms with Crippen LogP contribution in [0.5, 0.6) is 0 Å². The van der Waals surface area contributed by atoms with E-state index in [0.29, 0.717) is 4.88 Å². The molecule has 0 saturated carbocycles. The van der Waals surface area contributed by atoms with Gasteiger partial charge in [0.25, 0.3) is 5.91 Å². The largest absolute Gasteiger partial charge is 0.388 e. The summed E-state index contributed by atoms with van der Waals surface area (Å²) >= 11 is 1.33. The Morgan fingerprint density at radius 1 is 1.43 bits per heavy atom. The molecule has 118 valence electrons. The molecule has 0 fully saturated rings. The first-order valence-corrected chi connectivity index (χ1v) is 8.00. The minimum Gasteiger partial charge on any atom is -0.388 e. The summed E-state index contributed by atoms with van der Waals surface area (Å²) in [6, 6.07) is 2.85. The molecule has 1 heterocycles. The van der Waals surface area contributed by atoms with Gasteiger partial charge in [-0.25, -0.2) is 0 Å². The third-order valence-corrected chi connectivity index (χ3v) is 4.65. The molecular formula is C15H24N2O3S. The first-order valence-electron chi connectivity index (χ1n) is 7.12. The summed E-state index contributed by atoms with van der Waals surface area (Å²) in [5.41, 5.74) is -0.956. The van der Waals surface area contributed by atoms with Crippen molar-refractivity contribution in [2.75, 3.05) is 6.54 Å². The molecule has 5 nitrogen and oxygen atoms in total. The molecule has 0 aliphatic rings. The van der Waals surface area contributed by atoms with Crippen molar-refractivity contribution in [3.8, 4) is 0 Å². The lowest BCUT2D eigenvalue weighted by molar-refractivity contribution is -0.124. The lowest BCUT2D eigenvalue weighted by Crippen LogP contribution is -2.50. The van der Waals surface area contributed by atoms with E-state index in [1.54, 1.807) is 26.0 Å². The number of aliphatic hydroxyl groups is 1. The highest BCUT2D eigenvalue weighted by atomic mass is 32.1. The molecule has 0 spiro atoms. The van der Waals surface area contributed by atoms with Crippen LogP contribution in [0.3, 0.4) is 0 Å². The number of hydrogen-bond acceptors (Lipinski definition) is 4. The first kappa shape index (κ1) is 17.7. The van der Waals surface area contributed by atoms with E-state index in [1.165, 1.54) is 11.3 Å².